The molecule has 0 radical (unpaired) electrons. The van der Waals surface area contributed by atoms with Gasteiger partial charge in [0, 0.05) is 32.4 Å². The van der Waals surface area contributed by atoms with Gasteiger partial charge in [-0.05, 0) is 38.7 Å². The van der Waals surface area contributed by atoms with Crippen LogP contribution in [0.25, 0.3) is 0 Å². The molecule has 0 spiro atoms. The highest BCUT2D eigenvalue weighted by atomic mass is 19.2. The number of aryl methyl sites for hydroxylation is 1. The molecule has 1 aromatic carbocycles. The summed E-state index contributed by atoms with van der Waals surface area (Å²) in [6.07, 6.45) is 3.82. The van der Waals surface area contributed by atoms with E-state index in [0.717, 1.165) is 11.6 Å². The number of halogens is 2. The van der Waals surface area contributed by atoms with Crippen molar-refractivity contribution in [1.29, 1.82) is 0 Å². The van der Waals surface area contributed by atoms with Crippen molar-refractivity contribution >= 4 is 5.96 Å². The minimum absolute atomic E-state index is 0.112. The van der Waals surface area contributed by atoms with Crippen molar-refractivity contribution < 1.29 is 8.78 Å². The van der Waals surface area contributed by atoms with Crippen molar-refractivity contribution in [2.24, 2.45) is 12.0 Å². The van der Waals surface area contributed by atoms with Crippen LogP contribution in [0.2, 0.25) is 0 Å². The molecule has 0 aliphatic heterocycles. The van der Waals surface area contributed by atoms with Gasteiger partial charge < -0.3 is 15.5 Å². The molecule has 0 fully saturated rings. The first-order valence-electron chi connectivity index (χ1n) is 8.39. The Kier molecular flexibility index (Phi) is 6.68. The SMILES string of the molecule is CN=C(NCC(c1cnn(C)c1)N(C)C)NC(C)c1ccc(F)c(F)c1. The molecule has 2 unspecified atom stereocenters. The highest BCUT2D eigenvalue weighted by molar-refractivity contribution is 5.80. The standard InChI is InChI=1S/C18H26F2N6/c1-12(13-6-7-15(19)16(20)8-13)24-18(21-2)22-10-17(25(3)4)14-9-23-26(5)11-14/h6-9,11-12,17H,10H2,1-5H3,(H2,21,22,24). The maximum absolute atomic E-state index is 13.4. The summed E-state index contributed by atoms with van der Waals surface area (Å²) in [5.41, 5.74) is 1.73. The van der Waals surface area contributed by atoms with Crippen LogP contribution < -0.4 is 10.6 Å². The maximum Gasteiger partial charge on any atom is 0.191 e. The number of nitrogens with one attached hydrogen (secondary N) is 2. The summed E-state index contributed by atoms with van der Waals surface area (Å²) in [4.78, 5) is 6.30. The summed E-state index contributed by atoms with van der Waals surface area (Å²) in [5, 5.41) is 10.7. The van der Waals surface area contributed by atoms with Gasteiger partial charge in [0.25, 0.3) is 0 Å². The van der Waals surface area contributed by atoms with Gasteiger partial charge in [0.1, 0.15) is 0 Å². The van der Waals surface area contributed by atoms with Crippen LogP contribution in [0.15, 0.2) is 35.6 Å². The molecule has 0 aliphatic carbocycles. The third kappa shape index (κ3) is 5.01. The first kappa shape index (κ1) is 19.8. The molecule has 0 bridgehead atoms. The van der Waals surface area contributed by atoms with Crippen LogP contribution in [-0.4, -0.2) is 48.3 Å². The van der Waals surface area contributed by atoms with Crippen molar-refractivity contribution in [2.75, 3.05) is 27.7 Å². The topological polar surface area (TPSA) is 57.5 Å². The molecule has 6 nitrogen and oxygen atoms in total. The Balaban J connectivity index is 2.00. The zero-order valence-corrected chi connectivity index (χ0v) is 15.8. The van der Waals surface area contributed by atoms with Crippen LogP contribution in [0.1, 0.15) is 30.1 Å². The van der Waals surface area contributed by atoms with E-state index in [1.807, 2.05) is 40.5 Å². The molecule has 1 aromatic heterocycles. The van der Waals surface area contributed by atoms with E-state index in [2.05, 4.69) is 25.6 Å². The zero-order chi connectivity index (χ0) is 19.3. The Hall–Kier alpha value is -2.48. The van der Waals surface area contributed by atoms with Crippen molar-refractivity contribution in [2.45, 2.75) is 19.0 Å². The third-order valence-electron chi connectivity index (χ3n) is 4.22. The second-order valence-electron chi connectivity index (χ2n) is 6.42. The fraction of sp³-hybridized carbons (Fsp3) is 0.444. The van der Waals surface area contributed by atoms with Crippen molar-refractivity contribution in [3.8, 4) is 0 Å². The van der Waals surface area contributed by atoms with E-state index in [-0.39, 0.29) is 12.1 Å². The number of guanidine groups is 1. The predicted molar refractivity (Wildman–Crippen MR) is 98.9 cm³/mol. The van der Waals surface area contributed by atoms with Crippen LogP contribution >= 0.6 is 0 Å². The van der Waals surface area contributed by atoms with Crippen LogP contribution in [0.5, 0.6) is 0 Å². The van der Waals surface area contributed by atoms with Gasteiger partial charge in [0.05, 0.1) is 18.3 Å². The Morgan fingerprint density at radius 3 is 2.54 bits per heavy atom. The summed E-state index contributed by atoms with van der Waals surface area (Å²) in [6.45, 7) is 2.48. The van der Waals surface area contributed by atoms with E-state index in [1.165, 1.54) is 6.07 Å². The van der Waals surface area contributed by atoms with E-state index in [9.17, 15) is 8.78 Å². The normalized spacial score (nSPS) is 14.4. The summed E-state index contributed by atoms with van der Waals surface area (Å²) in [5.74, 6) is -1.13. The molecule has 0 saturated heterocycles. The molecule has 2 aromatic rings. The number of benzene rings is 1. The highest BCUT2D eigenvalue weighted by Crippen LogP contribution is 2.17. The van der Waals surface area contributed by atoms with Crippen LogP contribution in [-0.2, 0) is 7.05 Å². The number of hydrogen-bond acceptors (Lipinski definition) is 3. The van der Waals surface area contributed by atoms with Crippen molar-refractivity contribution in [3.05, 3.63) is 53.4 Å². The minimum atomic E-state index is -0.858. The maximum atomic E-state index is 13.4. The highest BCUT2D eigenvalue weighted by Gasteiger charge is 2.17. The molecule has 2 atom stereocenters. The monoisotopic (exact) mass is 364 g/mol. The number of likely N-dealkylation sites (N-methyl/N-ethyl adjacent to an activating group) is 1. The molecule has 8 heteroatoms. The van der Waals surface area contributed by atoms with Gasteiger partial charge in [-0.3, -0.25) is 9.67 Å². The third-order valence-corrected chi connectivity index (χ3v) is 4.22. The van der Waals surface area contributed by atoms with E-state index in [4.69, 9.17) is 0 Å². The molecule has 2 N–H and O–H groups in total. The smallest absolute Gasteiger partial charge is 0.191 e. The first-order chi connectivity index (χ1) is 12.3. The fourth-order valence-corrected chi connectivity index (χ4v) is 2.67. The lowest BCUT2D eigenvalue weighted by Crippen LogP contribution is -2.42. The van der Waals surface area contributed by atoms with Gasteiger partial charge in [-0.25, -0.2) is 8.78 Å². The predicted octanol–water partition coefficient (Wildman–Crippen LogP) is 2.23. The minimum Gasteiger partial charge on any atom is -0.354 e. The van der Waals surface area contributed by atoms with Gasteiger partial charge in [-0.2, -0.15) is 5.10 Å². The summed E-state index contributed by atoms with van der Waals surface area (Å²) in [7, 11) is 7.55. The van der Waals surface area contributed by atoms with Gasteiger partial charge in [0.15, 0.2) is 17.6 Å². The molecule has 1 heterocycles. The lowest BCUT2D eigenvalue weighted by atomic mass is 10.1. The summed E-state index contributed by atoms with van der Waals surface area (Å²) >= 11 is 0. The van der Waals surface area contributed by atoms with Crippen LogP contribution in [0.4, 0.5) is 8.78 Å². The van der Waals surface area contributed by atoms with Crippen LogP contribution in [0, 0.1) is 11.6 Å². The summed E-state index contributed by atoms with van der Waals surface area (Å²) in [6, 6.07) is 3.76. The van der Waals surface area contributed by atoms with Gasteiger partial charge in [-0.1, -0.05) is 6.07 Å². The summed E-state index contributed by atoms with van der Waals surface area (Å²) < 4.78 is 28.3. The zero-order valence-electron chi connectivity index (χ0n) is 15.8. The first-order valence-corrected chi connectivity index (χ1v) is 8.39. The van der Waals surface area contributed by atoms with E-state index >= 15 is 0 Å². The molecule has 142 valence electrons. The van der Waals surface area contributed by atoms with E-state index in [0.29, 0.717) is 18.1 Å². The molecule has 0 amide bonds. The number of nitrogens with zero attached hydrogens (tertiary/aromatic N) is 4. The van der Waals surface area contributed by atoms with Crippen molar-refractivity contribution in [3.63, 3.8) is 0 Å². The van der Waals surface area contributed by atoms with Gasteiger partial charge in [0.2, 0.25) is 0 Å². The second kappa shape index (κ2) is 8.75. The Labute approximate surface area is 152 Å². The van der Waals surface area contributed by atoms with Crippen LogP contribution in [0.3, 0.4) is 0 Å². The molecule has 2 rings (SSSR count). The molecule has 26 heavy (non-hydrogen) atoms. The fourth-order valence-electron chi connectivity index (χ4n) is 2.67. The molecular formula is C18H26F2N6. The van der Waals surface area contributed by atoms with E-state index in [1.54, 1.807) is 17.8 Å². The average molecular weight is 364 g/mol. The lowest BCUT2D eigenvalue weighted by Gasteiger charge is -2.25. The van der Waals surface area contributed by atoms with Gasteiger partial charge in [-0.15, -0.1) is 0 Å². The molecule has 0 aliphatic rings. The lowest BCUT2D eigenvalue weighted by molar-refractivity contribution is 0.298. The number of aliphatic imine (C=N–C) groups is 1. The van der Waals surface area contributed by atoms with Gasteiger partial charge >= 0.3 is 0 Å². The quantitative estimate of drug-likeness (QED) is 0.610. The molecular weight excluding hydrogens is 338 g/mol. The Bertz CT molecular complexity index is 756. The largest absolute Gasteiger partial charge is 0.354 e. The Morgan fingerprint density at radius 1 is 1.27 bits per heavy atom. The molecule has 0 saturated carbocycles. The average Bonchev–Trinajstić information content (AvgIpc) is 3.02. The second-order valence-corrected chi connectivity index (χ2v) is 6.42. The van der Waals surface area contributed by atoms with Crippen molar-refractivity contribution in [1.82, 2.24) is 25.3 Å². The Morgan fingerprint density at radius 2 is 2.00 bits per heavy atom. The number of aromatic nitrogens is 2. The van der Waals surface area contributed by atoms with E-state index < -0.39 is 11.6 Å². The number of hydrogen-bond donors (Lipinski definition) is 2. The number of rotatable bonds is 6.